The fourth-order valence-corrected chi connectivity index (χ4v) is 2.28. The zero-order chi connectivity index (χ0) is 17.6. The van der Waals surface area contributed by atoms with Crippen LogP contribution < -0.4 is 10.6 Å². The van der Waals surface area contributed by atoms with Gasteiger partial charge in [-0.1, -0.05) is 12.1 Å². The van der Waals surface area contributed by atoms with E-state index < -0.39 is 0 Å². The van der Waals surface area contributed by atoms with Crippen LogP contribution in [-0.2, 0) is 0 Å². The molecule has 6 nitrogen and oxygen atoms in total. The molecule has 2 N–H and O–H groups in total. The summed E-state index contributed by atoms with van der Waals surface area (Å²) in [5.41, 5.74) is 1.36. The van der Waals surface area contributed by atoms with Crippen LogP contribution in [0.25, 0.3) is 0 Å². The van der Waals surface area contributed by atoms with Gasteiger partial charge in [-0.3, -0.25) is 4.98 Å². The Balaban J connectivity index is 1.82. The summed E-state index contributed by atoms with van der Waals surface area (Å²) in [6, 6.07) is 11.5. The van der Waals surface area contributed by atoms with Crippen molar-refractivity contribution >= 4 is 17.5 Å². The third-order valence-electron chi connectivity index (χ3n) is 3.51. The summed E-state index contributed by atoms with van der Waals surface area (Å²) in [6.07, 6.45) is 4.70. The minimum atomic E-state index is -0.281. The van der Waals surface area contributed by atoms with Crippen molar-refractivity contribution in [2.75, 3.05) is 10.6 Å². The van der Waals surface area contributed by atoms with Crippen LogP contribution in [0, 0.1) is 17.1 Å². The van der Waals surface area contributed by atoms with Crippen molar-refractivity contribution in [1.82, 2.24) is 15.0 Å². The zero-order valence-electron chi connectivity index (χ0n) is 13.4. The van der Waals surface area contributed by atoms with Gasteiger partial charge in [0.1, 0.15) is 23.3 Å². The van der Waals surface area contributed by atoms with Crippen molar-refractivity contribution in [1.29, 1.82) is 5.26 Å². The largest absolute Gasteiger partial charge is 0.363 e. The minimum Gasteiger partial charge on any atom is -0.363 e. The molecule has 1 aromatic carbocycles. The van der Waals surface area contributed by atoms with Crippen molar-refractivity contribution < 1.29 is 4.39 Å². The van der Waals surface area contributed by atoms with Crippen molar-refractivity contribution in [3.8, 4) is 6.07 Å². The maximum absolute atomic E-state index is 13.0. The molecule has 0 amide bonds. The molecule has 0 spiro atoms. The van der Waals surface area contributed by atoms with Crippen LogP contribution >= 0.6 is 0 Å². The van der Waals surface area contributed by atoms with Crippen molar-refractivity contribution in [2.45, 2.75) is 13.0 Å². The topological polar surface area (TPSA) is 86.5 Å². The quantitative estimate of drug-likeness (QED) is 0.738. The van der Waals surface area contributed by atoms with Gasteiger partial charge >= 0.3 is 0 Å². The zero-order valence-corrected chi connectivity index (χ0v) is 13.4. The molecule has 2 aromatic heterocycles. The number of halogens is 1. The highest BCUT2D eigenvalue weighted by atomic mass is 19.1. The van der Waals surface area contributed by atoms with Crippen LogP contribution in [0.5, 0.6) is 0 Å². The predicted molar refractivity (Wildman–Crippen MR) is 92.7 cm³/mol. The molecule has 3 rings (SSSR count). The third-order valence-corrected chi connectivity index (χ3v) is 3.51. The lowest BCUT2D eigenvalue weighted by Crippen LogP contribution is -2.09. The molecule has 0 aliphatic heterocycles. The standard InChI is InChI=1S/C18H15FN6/c1-12(14-2-4-15(19)5-3-14)23-16-8-13(10-20)9-17(24-16)25-18-11-21-6-7-22-18/h2-9,11-12H,1H3,(H2,22,23,24,25). The second-order valence-electron chi connectivity index (χ2n) is 5.37. The summed E-state index contributed by atoms with van der Waals surface area (Å²) in [6.45, 7) is 1.93. The molecule has 0 radical (unpaired) electrons. The van der Waals surface area contributed by atoms with E-state index in [1.165, 1.54) is 12.1 Å². The number of rotatable bonds is 5. The smallest absolute Gasteiger partial charge is 0.150 e. The van der Waals surface area contributed by atoms with E-state index >= 15 is 0 Å². The van der Waals surface area contributed by atoms with Crippen LogP contribution in [0.3, 0.4) is 0 Å². The molecule has 0 bridgehead atoms. The number of nitrogens with one attached hydrogen (secondary N) is 2. The van der Waals surface area contributed by atoms with E-state index in [-0.39, 0.29) is 11.9 Å². The lowest BCUT2D eigenvalue weighted by atomic mass is 10.1. The maximum atomic E-state index is 13.0. The van der Waals surface area contributed by atoms with E-state index in [0.29, 0.717) is 23.0 Å². The molecule has 0 fully saturated rings. The molecular formula is C18H15FN6. The van der Waals surface area contributed by atoms with Gasteiger partial charge in [0.25, 0.3) is 0 Å². The fourth-order valence-electron chi connectivity index (χ4n) is 2.28. The normalized spacial score (nSPS) is 11.4. The number of hydrogen-bond acceptors (Lipinski definition) is 6. The Morgan fingerprint density at radius 3 is 2.52 bits per heavy atom. The van der Waals surface area contributed by atoms with Crippen LogP contribution in [0.2, 0.25) is 0 Å². The molecule has 0 saturated heterocycles. The molecule has 124 valence electrons. The van der Waals surface area contributed by atoms with E-state index in [9.17, 15) is 9.65 Å². The van der Waals surface area contributed by atoms with Gasteiger partial charge in [-0.05, 0) is 36.8 Å². The van der Waals surface area contributed by atoms with E-state index in [0.717, 1.165) is 5.56 Å². The van der Waals surface area contributed by atoms with Gasteiger partial charge in [-0.25, -0.2) is 14.4 Å². The molecule has 25 heavy (non-hydrogen) atoms. The molecule has 1 atom stereocenters. The maximum Gasteiger partial charge on any atom is 0.150 e. The van der Waals surface area contributed by atoms with Gasteiger partial charge < -0.3 is 10.6 Å². The number of hydrogen-bond donors (Lipinski definition) is 2. The average Bonchev–Trinajstić information content (AvgIpc) is 2.63. The highest BCUT2D eigenvalue weighted by Gasteiger charge is 2.09. The van der Waals surface area contributed by atoms with E-state index in [1.54, 1.807) is 42.9 Å². The SMILES string of the molecule is CC(Nc1cc(C#N)cc(Nc2cnccn2)n1)c1ccc(F)cc1. The summed E-state index contributed by atoms with van der Waals surface area (Å²) < 4.78 is 13.0. The van der Waals surface area contributed by atoms with Crippen LogP contribution in [0.1, 0.15) is 24.1 Å². The Morgan fingerprint density at radius 1 is 1.08 bits per heavy atom. The molecular weight excluding hydrogens is 319 g/mol. The molecule has 1 unspecified atom stereocenters. The molecule has 3 aromatic rings. The Kier molecular flexibility index (Phi) is 4.81. The van der Waals surface area contributed by atoms with Gasteiger partial charge in [-0.2, -0.15) is 5.26 Å². The monoisotopic (exact) mass is 334 g/mol. The first kappa shape index (κ1) is 16.3. The van der Waals surface area contributed by atoms with Crippen LogP contribution in [-0.4, -0.2) is 15.0 Å². The number of aromatic nitrogens is 3. The van der Waals surface area contributed by atoms with Crippen molar-refractivity contribution in [3.05, 3.63) is 71.9 Å². The molecule has 2 heterocycles. The fraction of sp³-hybridized carbons (Fsp3) is 0.111. The Hall–Kier alpha value is -3.53. The number of anilines is 3. The lowest BCUT2D eigenvalue weighted by Gasteiger charge is -2.16. The number of benzene rings is 1. The van der Waals surface area contributed by atoms with Gasteiger partial charge in [-0.15, -0.1) is 0 Å². The van der Waals surface area contributed by atoms with Crippen LogP contribution in [0.4, 0.5) is 21.8 Å². The second-order valence-corrected chi connectivity index (χ2v) is 5.37. The van der Waals surface area contributed by atoms with E-state index in [4.69, 9.17) is 0 Å². The van der Waals surface area contributed by atoms with Gasteiger partial charge in [0.15, 0.2) is 0 Å². The molecule has 0 aliphatic carbocycles. The van der Waals surface area contributed by atoms with E-state index in [2.05, 4.69) is 31.7 Å². The Labute approximate surface area is 144 Å². The lowest BCUT2D eigenvalue weighted by molar-refractivity contribution is 0.626. The molecule has 0 aliphatic rings. The minimum absolute atomic E-state index is 0.105. The first-order valence-corrected chi connectivity index (χ1v) is 7.61. The van der Waals surface area contributed by atoms with Gasteiger partial charge in [0, 0.05) is 18.4 Å². The number of nitriles is 1. The highest BCUT2D eigenvalue weighted by molar-refractivity contribution is 5.58. The van der Waals surface area contributed by atoms with Gasteiger partial charge in [0.2, 0.25) is 0 Å². The first-order chi connectivity index (χ1) is 12.1. The summed E-state index contributed by atoms with van der Waals surface area (Å²) in [5, 5.41) is 15.5. The van der Waals surface area contributed by atoms with Crippen molar-refractivity contribution in [2.24, 2.45) is 0 Å². The van der Waals surface area contributed by atoms with Crippen molar-refractivity contribution in [3.63, 3.8) is 0 Å². The highest BCUT2D eigenvalue weighted by Crippen LogP contribution is 2.22. The summed E-state index contributed by atoms with van der Waals surface area (Å²) >= 11 is 0. The summed E-state index contributed by atoms with van der Waals surface area (Å²) in [7, 11) is 0. The Morgan fingerprint density at radius 2 is 1.84 bits per heavy atom. The van der Waals surface area contributed by atoms with Gasteiger partial charge in [0.05, 0.1) is 17.8 Å². The van der Waals surface area contributed by atoms with E-state index in [1.807, 2.05) is 6.92 Å². The predicted octanol–water partition coefficient (Wildman–Crippen LogP) is 3.80. The van der Waals surface area contributed by atoms with Crippen LogP contribution in [0.15, 0.2) is 55.0 Å². The molecule has 7 heteroatoms. The molecule has 0 saturated carbocycles. The second kappa shape index (κ2) is 7.36. The summed E-state index contributed by atoms with van der Waals surface area (Å²) in [5.74, 6) is 1.26. The number of nitrogens with zero attached hydrogens (tertiary/aromatic N) is 4. The third kappa shape index (κ3) is 4.26. The number of pyridine rings is 1. The average molecular weight is 334 g/mol. The summed E-state index contributed by atoms with van der Waals surface area (Å²) in [4.78, 5) is 12.5. The Bertz CT molecular complexity index is 890. The first-order valence-electron chi connectivity index (χ1n) is 7.61.